The maximum absolute atomic E-state index is 10.9. The van der Waals surface area contributed by atoms with Crippen LogP contribution in [0.5, 0.6) is 0 Å². The first kappa shape index (κ1) is 11.5. The van der Waals surface area contributed by atoms with Crippen molar-refractivity contribution >= 4 is 11.4 Å². The average Bonchev–Trinajstić information content (AvgIpc) is 2.38. The molecule has 2 heterocycles. The minimum absolute atomic E-state index is 0.0219. The largest absolute Gasteiger partial charge is 0.384 e. The molecule has 5 nitrogen and oxygen atoms in total. The van der Waals surface area contributed by atoms with Crippen molar-refractivity contribution in [2.75, 3.05) is 18.5 Å². The summed E-state index contributed by atoms with van der Waals surface area (Å²) in [6.45, 7) is 3.56. The Morgan fingerprint density at radius 1 is 1.50 bits per heavy atom. The minimum atomic E-state index is -0.334. The SMILES string of the molecule is Cc1cc([N+](=O)[O-])cc2c1NC[C@@H]1CCCO[C@H]21. The lowest BCUT2D eigenvalue weighted by Crippen LogP contribution is -2.33. The van der Waals surface area contributed by atoms with Crippen LogP contribution in [0, 0.1) is 23.0 Å². The molecule has 1 aromatic rings. The molecule has 0 unspecified atom stereocenters. The normalized spacial score (nSPS) is 25.8. The van der Waals surface area contributed by atoms with Crippen LogP contribution in [0.15, 0.2) is 12.1 Å². The molecule has 2 aliphatic heterocycles. The van der Waals surface area contributed by atoms with E-state index in [4.69, 9.17) is 4.74 Å². The number of aryl methyl sites for hydroxylation is 1. The summed E-state index contributed by atoms with van der Waals surface area (Å²) in [6.07, 6.45) is 2.22. The summed E-state index contributed by atoms with van der Waals surface area (Å²) in [5, 5.41) is 14.3. The Morgan fingerprint density at radius 3 is 3.11 bits per heavy atom. The lowest BCUT2D eigenvalue weighted by molar-refractivity contribution is -0.385. The van der Waals surface area contributed by atoms with Crippen molar-refractivity contribution in [3.63, 3.8) is 0 Å². The third-order valence-corrected chi connectivity index (χ3v) is 3.85. The van der Waals surface area contributed by atoms with Gasteiger partial charge in [-0.25, -0.2) is 0 Å². The maximum atomic E-state index is 10.9. The lowest BCUT2D eigenvalue weighted by Gasteiger charge is -2.38. The fourth-order valence-corrected chi connectivity index (χ4v) is 3.00. The summed E-state index contributed by atoms with van der Waals surface area (Å²) in [4.78, 5) is 10.6. The Kier molecular flexibility index (Phi) is 2.70. The molecule has 18 heavy (non-hydrogen) atoms. The first-order chi connectivity index (χ1) is 8.66. The van der Waals surface area contributed by atoms with Gasteiger partial charge in [-0.3, -0.25) is 10.1 Å². The van der Waals surface area contributed by atoms with E-state index in [1.54, 1.807) is 12.1 Å². The van der Waals surface area contributed by atoms with Crippen molar-refractivity contribution < 1.29 is 9.66 Å². The van der Waals surface area contributed by atoms with Gasteiger partial charge in [-0.15, -0.1) is 0 Å². The molecule has 0 amide bonds. The number of nitrogens with one attached hydrogen (secondary N) is 1. The van der Waals surface area contributed by atoms with Crippen LogP contribution >= 0.6 is 0 Å². The number of fused-ring (bicyclic) bond motifs is 3. The second-order valence-electron chi connectivity index (χ2n) is 5.06. The molecule has 96 valence electrons. The fourth-order valence-electron chi connectivity index (χ4n) is 3.00. The van der Waals surface area contributed by atoms with Gasteiger partial charge in [0.05, 0.1) is 11.0 Å². The Hall–Kier alpha value is -1.62. The Balaban J connectivity index is 2.08. The van der Waals surface area contributed by atoms with E-state index >= 15 is 0 Å². The summed E-state index contributed by atoms with van der Waals surface area (Å²) in [5.74, 6) is 0.438. The van der Waals surface area contributed by atoms with E-state index in [0.29, 0.717) is 5.92 Å². The average molecular weight is 248 g/mol. The zero-order valence-corrected chi connectivity index (χ0v) is 10.3. The zero-order valence-electron chi connectivity index (χ0n) is 10.3. The molecule has 0 aromatic heterocycles. The molecule has 1 N–H and O–H groups in total. The van der Waals surface area contributed by atoms with E-state index in [2.05, 4.69) is 5.32 Å². The summed E-state index contributed by atoms with van der Waals surface area (Å²) in [6, 6.07) is 3.28. The number of hydrogen-bond donors (Lipinski definition) is 1. The maximum Gasteiger partial charge on any atom is 0.270 e. The summed E-state index contributed by atoms with van der Waals surface area (Å²) in [7, 11) is 0. The third-order valence-electron chi connectivity index (χ3n) is 3.85. The highest BCUT2D eigenvalue weighted by atomic mass is 16.6. The molecule has 0 bridgehead atoms. The predicted molar refractivity (Wildman–Crippen MR) is 67.7 cm³/mol. The van der Waals surface area contributed by atoms with E-state index < -0.39 is 0 Å². The van der Waals surface area contributed by atoms with Crippen LogP contribution in [0.3, 0.4) is 0 Å². The molecular formula is C13H16N2O3. The minimum Gasteiger partial charge on any atom is -0.384 e. The molecule has 1 fully saturated rings. The zero-order chi connectivity index (χ0) is 12.7. The van der Waals surface area contributed by atoms with Gasteiger partial charge in [0.25, 0.3) is 5.69 Å². The summed E-state index contributed by atoms with van der Waals surface area (Å²) < 4.78 is 5.84. The number of ether oxygens (including phenoxy) is 1. The van der Waals surface area contributed by atoms with Crippen molar-refractivity contribution in [3.8, 4) is 0 Å². The van der Waals surface area contributed by atoms with Crippen LogP contribution in [0.25, 0.3) is 0 Å². The van der Waals surface area contributed by atoms with E-state index in [0.717, 1.165) is 42.8 Å². The molecule has 1 saturated heterocycles. The molecule has 0 aliphatic carbocycles. The van der Waals surface area contributed by atoms with Gasteiger partial charge in [0.1, 0.15) is 0 Å². The Bertz CT molecular complexity index is 501. The molecular weight excluding hydrogens is 232 g/mol. The number of anilines is 1. The van der Waals surface area contributed by atoms with Crippen molar-refractivity contribution in [2.24, 2.45) is 5.92 Å². The first-order valence-electron chi connectivity index (χ1n) is 6.31. The number of nitro groups is 1. The fraction of sp³-hybridized carbons (Fsp3) is 0.538. The highest BCUT2D eigenvalue weighted by molar-refractivity contribution is 5.64. The Morgan fingerprint density at radius 2 is 2.33 bits per heavy atom. The number of nitrogens with zero attached hydrogens (tertiary/aromatic N) is 1. The molecule has 0 radical (unpaired) electrons. The predicted octanol–water partition coefficient (Wildman–Crippen LogP) is 2.80. The van der Waals surface area contributed by atoms with Crippen LogP contribution in [0.1, 0.15) is 30.1 Å². The van der Waals surface area contributed by atoms with E-state index in [1.807, 2.05) is 6.92 Å². The van der Waals surface area contributed by atoms with Gasteiger partial charge in [0.2, 0.25) is 0 Å². The van der Waals surface area contributed by atoms with E-state index in [-0.39, 0.29) is 16.7 Å². The molecule has 3 rings (SSSR count). The van der Waals surface area contributed by atoms with Gasteiger partial charge in [-0.2, -0.15) is 0 Å². The lowest BCUT2D eigenvalue weighted by atomic mass is 9.84. The van der Waals surface area contributed by atoms with Crippen LogP contribution in [-0.2, 0) is 4.74 Å². The van der Waals surface area contributed by atoms with Crippen molar-refractivity contribution in [1.29, 1.82) is 0 Å². The highest BCUT2D eigenvalue weighted by Gasteiger charge is 2.34. The second kappa shape index (κ2) is 4.24. The van der Waals surface area contributed by atoms with Crippen molar-refractivity contribution in [3.05, 3.63) is 33.4 Å². The van der Waals surface area contributed by atoms with Crippen LogP contribution < -0.4 is 5.32 Å². The number of rotatable bonds is 1. The second-order valence-corrected chi connectivity index (χ2v) is 5.06. The number of benzene rings is 1. The summed E-state index contributed by atoms with van der Waals surface area (Å²) >= 11 is 0. The topological polar surface area (TPSA) is 64.4 Å². The van der Waals surface area contributed by atoms with Gasteiger partial charge < -0.3 is 10.1 Å². The van der Waals surface area contributed by atoms with Crippen LogP contribution in [0.2, 0.25) is 0 Å². The van der Waals surface area contributed by atoms with Gasteiger partial charge >= 0.3 is 0 Å². The third kappa shape index (κ3) is 1.75. The molecule has 2 atom stereocenters. The smallest absolute Gasteiger partial charge is 0.270 e. The first-order valence-corrected chi connectivity index (χ1v) is 6.31. The van der Waals surface area contributed by atoms with Crippen LogP contribution in [-0.4, -0.2) is 18.1 Å². The van der Waals surface area contributed by atoms with Gasteiger partial charge in [0.15, 0.2) is 0 Å². The van der Waals surface area contributed by atoms with E-state index in [1.165, 1.54) is 0 Å². The number of hydrogen-bond acceptors (Lipinski definition) is 4. The molecule has 0 saturated carbocycles. The molecule has 0 spiro atoms. The highest BCUT2D eigenvalue weighted by Crippen LogP contribution is 2.43. The van der Waals surface area contributed by atoms with E-state index in [9.17, 15) is 10.1 Å². The van der Waals surface area contributed by atoms with Crippen molar-refractivity contribution in [1.82, 2.24) is 0 Å². The summed E-state index contributed by atoms with van der Waals surface area (Å²) in [5.41, 5.74) is 3.05. The van der Waals surface area contributed by atoms with Crippen LogP contribution in [0.4, 0.5) is 11.4 Å². The molecule has 2 aliphatic rings. The number of nitro benzene ring substituents is 1. The monoisotopic (exact) mass is 248 g/mol. The quantitative estimate of drug-likeness (QED) is 0.613. The van der Waals surface area contributed by atoms with Gasteiger partial charge in [0, 0.05) is 42.5 Å². The number of non-ortho nitro benzene ring substituents is 1. The Labute approximate surface area is 105 Å². The van der Waals surface area contributed by atoms with Crippen molar-refractivity contribution in [2.45, 2.75) is 25.9 Å². The molecule has 5 heteroatoms. The standard InChI is InChI=1S/C13H16N2O3/c1-8-5-10(15(16)17)6-11-12(8)14-7-9-3-2-4-18-13(9)11/h5-6,9,13-14H,2-4,7H2,1H3/t9-,13-/m0/s1. The van der Waals surface area contributed by atoms with Gasteiger partial charge in [-0.1, -0.05) is 0 Å². The molecule has 1 aromatic carbocycles. The van der Waals surface area contributed by atoms with Gasteiger partial charge in [-0.05, 0) is 25.3 Å².